The van der Waals surface area contributed by atoms with Gasteiger partial charge in [-0.05, 0) is 50.9 Å². The molecule has 1 aliphatic rings. The van der Waals surface area contributed by atoms with Crippen molar-refractivity contribution in [3.05, 3.63) is 33.0 Å². The molecule has 0 bridgehead atoms. The number of nitrogens with zero attached hydrogens (tertiary/aromatic N) is 2. The monoisotopic (exact) mass is 335 g/mol. The van der Waals surface area contributed by atoms with Crippen molar-refractivity contribution in [2.75, 3.05) is 18.4 Å². The Bertz CT molecular complexity index is 641. The zero-order valence-corrected chi connectivity index (χ0v) is 14.6. The summed E-state index contributed by atoms with van der Waals surface area (Å²) in [6.45, 7) is 7.50. The molecule has 4 nitrogen and oxygen atoms in total. The van der Waals surface area contributed by atoms with E-state index in [-0.39, 0.29) is 5.91 Å². The smallest absolute Gasteiger partial charge is 0.267 e. The summed E-state index contributed by atoms with van der Waals surface area (Å²) in [5.41, 5.74) is 1.05. The number of aryl methyl sites for hydroxylation is 1. The van der Waals surface area contributed by atoms with Crippen molar-refractivity contribution in [2.24, 2.45) is 5.92 Å². The van der Waals surface area contributed by atoms with E-state index in [9.17, 15) is 4.79 Å². The van der Waals surface area contributed by atoms with Crippen LogP contribution in [0, 0.1) is 12.8 Å². The molecular formula is C16H21N3OS2. The van der Waals surface area contributed by atoms with Gasteiger partial charge in [0, 0.05) is 16.8 Å². The Hall–Kier alpha value is -1.24. The van der Waals surface area contributed by atoms with E-state index in [0.717, 1.165) is 41.0 Å². The number of anilines is 1. The van der Waals surface area contributed by atoms with Crippen molar-refractivity contribution in [3.8, 4) is 0 Å². The lowest BCUT2D eigenvalue weighted by Crippen LogP contribution is -2.32. The first-order chi connectivity index (χ1) is 10.6. The lowest BCUT2D eigenvalue weighted by molar-refractivity contribution is 0.103. The molecule has 0 radical (unpaired) electrons. The van der Waals surface area contributed by atoms with Gasteiger partial charge >= 0.3 is 0 Å². The molecule has 22 heavy (non-hydrogen) atoms. The van der Waals surface area contributed by atoms with Crippen LogP contribution in [-0.4, -0.2) is 28.9 Å². The fourth-order valence-corrected chi connectivity index (χ4v) is 4.06. The molecule has 0 unspecified atom stereocenters. The molecule has 0 aliphatic carbocycles. The number of likely N-dealkylation sites (tertiary alicyclic amines) is 1. The number of thiazole rings is 1. The number of hydrogen-bond donors (Lipinski definition) is 1. The van der Waals surface area contributed by atoms with Crippen molar-refractivity contribution in [3.63, 3.8) is 0 Å². The van der Waals surface area contributed by atoms with Gasteiger partial charge in [-0.3, -0.25) is 15.0 Å². The SMILES string of the molecule is Cc1ccc(C(=O)Nc2nc(CN3CCC(C)CC3)cs2)s1. The van der Waals surface area contributed by atoms with Crippen molar-refractivity contribution < 1.29 is 4.79 Å². The molecule has 0 atom stereocenters. The molecule has 0 aromatic carbocycles. The quantitative estimate of drug-likeness (QED) is 0.918. The second kappa shape index (κ2) is 6.89. The second-order valence-corrected chi connectivity index (χ2v) is 8.11. The molecule has 1 amide bonds. The number of nitrogens with one attached hydrogen (secondary N) is 1. The number of thiophene rings is 1. The third kappa shape index (κ3) is 3.94. The third-order valence-corrected chi connectivity index (χ3v) is 5.80. The molecule has 1 N–H and O–H groups in total. The van der Waals surface area contributed by atoms with Gasteiger partial charge in [-0.1, -0.05) is 6.92 Å². The molecule has 2 aromatic heterocycles. The molecule has 118 valence electrons. The Morgan fingerprint density at radius 1 is 1.41 bits per heavy atom. The minimum atomic E-state index is -0.0641. The van der Waals surface area contributed by atoms with E-state index in [0.29, 0.717) is 5.13 Å². The molecule has 6 heteroatoms. The van der Waals surface area contributed by atoms with Crippen LogP contribution >= 0.6 is 22.7 Å². The summed E-state index contributed by atoms with van der Waals surface area (Å²) in [6.07, 6.45) is 2.54. The van der Waals surface area contributed by atoms with Gasteiger partial charge in [-0.2, -0.15) is 0 Å². The highest BCUT2D eigenvalue weighted by molar-refractivity contribution is 7.15. The van der Waals surface area contributed by atoms with Crippen molar-refractivity contribution in [1.82, 2.24) is 9.88 Å². The van der Waals surface area contributed by atoms with Gasteiger partial charge in [-0.25, -0.2) is 4.98 Å². The van der Waals surface area contributed by atoms with Crippen LogP contribution in [0.25, 0.3) is 0 Å². The van der Waals surface area contributed by atoms with E-state index >= 15 is 0 Å². The van der Waals surface area contributed by atoms with Crippen LogP contribution in [0.3, 0.4) is 0 Å². The zero-order chi connectivity index (χ0) is 15.5. The van der Waals surface area contributed by atoms with Gasteiger partial charge in [0.05, 0.1) is 10.6 Å². The van der Waals surface area contributed by atoms with Crippen LogP contribution in [0.2, 0.25) is 0 Å². The summed E-state index contributed by atoms with van der Waals surface area (Å²) in [4.78, 5) is 21.0. The summed E-state index contributed by atoms with van der Waals surface area (Å²) in [5.74, 6) is 0.779. The van der Waals surface area contributed by atoms with Gasteiger partial charge in [0.1, 0.15) is 0 Å². The van der Waals surface area contributed by atoms with Crippen molar-refractivity contribution >= 4 is 33.7 Å². The van der Waals surface area contributed by atoms with Crippen molar-refractivity contribution in [2.45, 2.75) is 33.2 Å². The van der Waals surface area contributed by atoms with E-state index < -0.39 is 0 Å². The summed E-state index contributed by atoms with van der Waals surface area (Å²) in [6, 6.07) is 3.82. The summed E-state index contributed by atoms with van der Waals surface area (Å²) < 4.78 is 0. The van der Waals surface area contributed by atoms with E-state index in [2.05, 4.69) is 22.1 Å². The molecule has 1 saturated heterocycles. The van der Waals surface area contributed by atoms with Gasteiger partial charge in [0.2, 0.25) is 0 Å². The number of hydrogen-bond acceptors (Lipinski definition) is 5. The fraction of sp³-hybridized carbons (Fsp3) is 0.500. The van der Waals surface area contributed by atoms with Crippen LogP contribution in [0.1, 0.15) is 40.0 Å². The average molecular weight is 335 g/mol. The zero-order valence-electron chi connectivity index (χ0n) is 13.0. The second-order valence-electron chi connectivity index (χ2n) is 5.97. The van der Waals surface area contributed by atoms with E-state index in [1.165, 1.54) is 35.5 Å². The number of piperidine rings is 1. The fourth-order valence-electron chi connectivity index (χ4n) is 2.60. The predicted octanol–water partition coefficient (Wildman–Crippen LogP) is 4.00. The molecule has 2 aromatic rings. The minimum Gasteiger partial charge on any atom is -0.297 e. The maximum absolute atomic E-state index is 12.1. The van der Waals surface area contributed by atoms with E-state index in [4.69, 9.17) is 0 Å². The van der Waals surface area contributed by atoms with Crippen LogP contribution in [0.4, 0.5) is 5.13 Å². The first-order valence-corrected chi connectivity index (χ1v) is 9.34. The predicted molar refractivity (Wildman–Crippen MR) is 92.8 cm³/mol. The van der Waals surface area contributed by atoms with Crippen molar-refractivity contribution in [1.29, 1.82) is 0 Å². The molecule has 1 aliphatic heterocycles. The Labute approximate surface area is 139 Å². The third-order valence-electron chi connectivity index (χ3n) is 4.00. The molecule has 0 spiro atoms. The topological polar surface area (TPSA) is 45.2 Å². The maximum atomic E-state index is 12.1. The summed E-state index contributed by atoms with van der Waals surface area (Å²) >= 11 is 3.01. The molecule has 3 heterocycles. The van der Waals surface area contributed by atoms with E-state index in [1.807, 2.05) is 24.4 Å². The van der Waals surface area contributed by atoms with Gasteiger partial charge < -0.3 is 0 Å². The Balaban J connectivity index is 1.56. The maximum Gasteiger partial charge on any atom is 0.267 e. The van der Waals surface area contributed by atoms with E-state index in [1.54, 1.807) is 0 Å². The lowest BCUT2D eigenvalue weighted by Gasteiger charge is -2.29. The Morgan fingerprint density at radius 3 is 2.86 bits per heavy atom. The first-order valence-electron chi connectivity index (χ1n) is 7.64. The number of amides is 1. The first kappa shape index (κ1) is 15.6. The molecular weight excluding hydrogens is 314 g/mol. The normalized spacial score (nSPS) is 16.8. The number of aromatic nitrogens is 1. The van der Waals surface area contributed by atoms with Gasteiger partial charge in [0.25, 0.3) is 5.91 Å². The van der Waals surface area contributed by atoms with Crippen LogP contribution in [-0.2, 0) is 6.54 Å². The molecule has 3 rings (SSSR count). The standard InChI is InChI=1S/C16H21N3OS2/c1-11-5-7-19(8-6-11)9-13-10-21-16(17-13)18-15(20)14-4-3-12(2)22-14/h3-4,10-11H,5-9H2,1-2H3,(H,17,18,20). The Kier molecular flexibility index (Phi) is 4.90. The highest BCUT2D eigenvalue weighted by atomic mass is 32.1. The lowest BCUT2D eigenvalue weighted by atomic mass is 9.99. The van der Waals surface area contributed by atoms with Gasteiger partial charge in [0.15, 0.2) is 5.13 Å². The number of carbonyl (C=O) groups excluding carboxylic acids is 1. The average Bonchev–Trinajstić information content (AvgIpc) is 3.11. The summed E-state index contributed by atoms with van der Waals surface area (Å²) in [7, 11) is 0. The highest BCUT2D eigenvalue weighted by Crippen LogP contribution is 2.22. The van der Waals surface area contributed by atoms with Crippen LogP contribution < -0.4 is 5.32 Å². The number of carbonyl (C=O) groups is 1. The largest absolute Gasteiger partial charge is 0.297 e. The molecule has 0 saturated carbocycles. The molecule has 1 fully saturated rings. The minimum absolute atomic E-state index is 0.0641. The Morgan fingerprint density at radius 2 is 2.18 bits per heavy atom. The summed E-state index contributed by atoms with van der Waals surface area (Å²) in [5, 5.41) is 5.64. The van der Waals surface area contributed by atoms with Crippen LogP contribution in [0.15, 0.2) is 17.5 Å². The van der Waals surface area contributed by atoms with Crippen LogP contribution in [0.5, 0.6) is 0 Å². The number of rotatable bonds is 4. The van der Waals surface area contributed by atoms with Gasteiger partial charge in [-0.15, -0.1) is 22.7 Å². The highest BCUT2D eigenvalue weighted by Gasteiger charge is 2.17.